The van der Waals surface area contributed by atoms with E-state index in [1.54, 1.807) is 0 Å². The van der Waals surface area contributed by atoms with Crippen molar-refractivity contribution in [3.63, 3.8) is 0 Å². The quantitative estimate of drug-likeness (QED) is 0.859. The van der Waals surface area contributed by atoms with Gasteiger partial charge in [0, 0.05) is 13.1 Å². The number of hydrogen-bond acceptors (Lipinski definition) is 3. The summed E-state index contributed by atoms with van der Waals surface area (Å²) < 4.78 is 0. The molecule has 0 radical (unpaired) electrons. The molecule has 1 aromatic heterocycles. The topological polar surface area (TPSA) is 75.0 Å². The molecule has 1 aromatic rings. The van der Waals surface area contributed by atoms with Gasteiger partial charge in [0.2, 0.25) is 0 Å². The molecule has 0 aliphatic carbocycles. The van der Waals surface area contributed by atoms with Crippen LogP contribution in [0.4, 0.5) is 5.69 Å². The molecule has 1 fully saturated rings. The zero-order chi connectivity index (χ0) is 13.1. The van der Waals surface area contributed by atoms with Gasteiger partial charge in [0.05, 0.1) is 11.4 Å². The Hall–Kier alpha value is -1.52. The Kier molecular flexibility index (Phi) is 3.89. The molecule has 5 nitrogen and oxygen atoms in total. The number of aromatic amines is 1. The van der Waals surface area contributed by atoms with Crippen LogP contribution in [0.5, 0.6) is 0 Å². The first kappa shape index (κ1) is 12.9. The van der Waals surface area contributed by atoms with Crippen molar-refractivity contribution in [1.82, 2.24) is 15.1 Å². The molecular formula is C13H22N4O. The molecule has 1 aliphatic rings. The summed E-state index contributed by atoms with van der Waals surface area (Å²) in [6.45, 7) is 5.89. The molecule has 0 aromatic carbocycles. The molecule has 2 rings (SSSR count). The van der Waals surface area contributed by atoms with Crippen LogP contribution in [-0.4, -0.2) is 34.1 Å². The van der Waals surface area contributed by atoms with Crippen molar-refractivity contribution in [1.29, 1.82) is 0 Å². The first-order valence-corrected chi connectivity index (χ1v) is 6.75. The number of nitrogens with one attached hydrogen (secondary N) is 1. The summed E-state index contributed by atoms with van der Waals surface area (Å²) in [5.74, 6) is 0.538. The minimum atomic E-state index is -0.0300. The van der Waals surface area contributed by atoms with Gasteiger partial charge in [0.1, 0.15) is 0 Å². The van der Waals surface area contributed by atoms with Gasteiger partial charge in [-0.25, -0.2) is 0 Å². The Morgan fingerprint density at radius 1 is 1.61 bits per heavy atom. The lowest BCUT2D eigenvalue weighted by atomic mass is 10.00. The van der Waals surface area contributed by atoms with Crippen LogP contribution in [0.3, 0.4) is 0 Å². The Bertz CT molecular complexity index is 427. The molecule has 2 heterocycles. The normalized spacial score (nSPS) is 20.1. The van der Waals surface area contributed by atoms with E-state index in [2.05, 4.69) is 24.0 Å². The number of nitrogens with zero attached hydrogens (tertiary/aromatic N) is 2. The van der Waals surface area contributed by atoms with E-state index in [0.29, 0.717) is 17.3 Å². The van der Waals surface area contributed by atoms with Crippen LogP contribution >= 0.6 is 0 Å². The number of piperidine rings is 1. The van der Waals surface area contributed by atoms with Crippen molar-refractivity contribution in [3.05, 3.63) is 11.4 Å². The van der Waals surface area contributed by atoms with Crippen molar-refractivity contribution < 1.29 is 4.79 Å². The van der Waals surface area contributed by atoms with Gasteiger partial charge in [-0.15, -0.1) is 0 Å². The zero-order valence-electron chi connectivity index (χ0n) is 11.2. The average Bonchev–Trinajstić information content (AvgIpc) is 2.71. The second-order valence-electron chi connectivity index (χ2n) is 5.21. The summed E-state index contributed by atoms with van der Waals surface area (Å²) in [7, 11) is 0. The fourth-order valence-corrected chi connectivity index (χ4v) is 2.51. The van der Waals surface area contributed by atoms with Crippen LogP contribution in [0.2, 0.25) is 0 Å². The monoisotopic (exact) mass is 250 g/mol. The molecule has 0 saturated carbocycles. The highest BCUT2D eigenvalue weighted by Crippen LogP contribution is 2.21. The second-order valence-corrected chi connectivity index (χ2v) is 5.21. The Morgan fingerprint density at radius 3 is 3.06 bits per heavy atom. The third-order valence-corrected chi connectivity index (χ3v) is 3.53. The molecule has 1 atom stereocenters. The molecule has 1 aliphatic heterocycles. The van der Waals surface area contributed by atoms with Gasteiger partial charge >= 0.3 is 0 Å². The number of aryl methyl sites for hydroxylation is 1. The van der Waals surface area contributed by atoms with Crippen LogP contribution in [0.25, 0.3) is 0 Å². The minimum absolute atomic E-state index is 0.0300. The average molecular weight is 250 g/mol. The third kappa shape index (κ3) is 2.49. The summed E-state index contributed by atoms with van der Waals surface area (Å²) >= 11 is 0. The number of hydrogen-bond donors (Lipinski definition) is 2. The van der Waals surface area contributed by atoms with E-state index in [1.165, 1.54) is 6.42 Å². The number of carbonyl (C=O) groups is 1. The van der Waals surface area contributed by atoms with Gasteiger partial charge in [-0.05, 0) is 25.2 Å². The van der Waals surface area contributed by atoms with E-state index in [4.69, 9.17) is 5.73 Å². The van der Waals surface area contributed by atoms with E-state index in [1.807, 2.05) is 4.90 Å². The van der Waals surface area contributed by atoms with Gasteiger partial charge in [-0.3, -0.25) is 9.89 Å². The number of H-pyrrole nitrogens is 1. The van der Waals surface area contributed by atoms with Crippen molar-refractivity contribution in [2.75, 3.05) is 18.8 Å². The second kappa shape index (κ2) is 5.42. The lowest BCUT2D eigenvalue weighted by Crippen LogP contribution is -2.39. The maximum Gasteiger partial charge on any atom is 0.276 e. The molecule has 1 amide bonds. The predicted octanol–water partition coefficient (Wildman–Crippen LogP) is 1.82. The molecule has 0 spiro atoms. The number of aromatic nitrogens is 2. The highest BCUT2D eigenvalue weighted by Gasteiger charge is 2.26. The van der Waals surface area contributed by atoms with Crippen LogP contribution in [0.15, 0.2) is 0 Å². The highest BCUT2D eigenvalue weighted by atomic mass is 16.2. The first-order chi connectivity index (χ1) is 8.63. The molecule has 1 unspecified atom stereocenters. The van der Waals surface area contributed by atoms with Crippen molar-refractivity contribution in [2.45, 2.75) is 39.5 Å². The molecule has 5 heteroatoms. The van der Waals surface area contributed by atoms with Crippen molar-refractivity contribution >= 4 is 11.6 Å². The lowest BCUT2D eigenvalue weighted by molar-refractivity contribution is 0.0678. The number of nitrogens with two attached hydrogens (primary N) is 1. The Balaban J connectivity index is 2.13. The minimum Gasteiger partial charge on any atom is -0.395 e. The zero-order valence-corrected chi connectivity index (χ0v) is 11.2. The van der Waals surface area contributed by atoms with Crippen LogP contribution in [0.1, 0.15) is 49.3 Å². The summed E-state index contributed by atoms with van der Waals surface area (Å²) in [6, 6.07) is 0. The summed E-state index contributed by atoms with van der Waals surface area (Å²) in [4.78, 5) is 14.2. The van der Waals surface area contributed by atoms with E-state index >= 15 is 0 Å². The molecule has 0 bridgehead atoms. The largest absolute Gasteiger partial charge is 0.395 e. The Labute approximate surface area is 108 Å². The molecule has 18 heavy (non-hydrogen) atoms. The van der Waals surface area contributed by atoms with Gasteiger partial charge < -0.3 is 10.6 Å². The first-order valence-electron chi connectivity index (χ1n) is 6.75. The predicted molar refractivity (Wildman–Crippen MR) is 71.3 cm³/mol. The summed E-state index contributed by atoms with van der Waals surface area (Å²) in [5, 5.41) is 6.98. The number of carbonyl (C=O) groups excluding carboxylic acids is 1. The smallest absolute Gasteiger partial charge is 0.276 e. The fraction of sp³-hybridized carbons (Fsp3) is 0.692. The number of nitrogen functional groups attached to an aromatic ring is 1. The van der Waals surface area contributed by atoms with Crippen LogP contribution < -0.4 is 5.73 Å². The molecule has 3 N–H and O–H groups in total. The molecular weight excluding hydrogens is 228 g/mol. The van der Waals surface area contributed by atoms with E-state index in [-0.39, 0.29) is 5.91 Å². The van der Waals surface area contributed by atoms with Crippen LogP contribution in [-0.2, 0) is 6.42 Å². The summed E-state index contributed by atoms with van der Waals surface area (Å²) in [5.41, 5.74) is 7.79. The van der Waals surface area contributed by atoms with Crippen molar-refractivity contribution in [2.24, 2.45) is 5.92 Å². The number of rotatable bonds is 3. The number of likely N-dealkylation sites (tertiary alicyclic amines) is 1. The molecule has 1 saturated heterocycles. The van der Waals surface area contributed by atoms with Crippen molar-refractivity contribution in [3.8, 4) is 0 Å². The standard InChI is InChI=1S/C13H22N4O/c1-3-5-10-11(14)12(16-15-10)13(18)17-7-4-6-9(2)8-17/h9H,3-8,14H2,1-2H3,(H,15,16). The maximum absolute atomic E-state index is 12.3. The lowest BCUT2D eigenvalue weighted by Gasteiger charge is -2.30. The van der Waals surface area contributed by atoms with Gasteiger partial charge in [-0.1, -0.05) is 20.3 Å². The third-order valence-electron chi connectivity index (χ3n) is 3.53. The maximum atomic E-state index is 12.3. The Morgan fingerprint density at radius 2 is 2.39 bits per heavy atom. The van der Waals surface area contributed by atoms with E-state index in [0.717, 1.165) is 38.0 Å². The number of anilines is 1. The highest BCUT2D eigenvalue weighted by molar-refractivity contribution is 5.97. The van der Waals surface area contributed by atoms with E-state index < -0.39 is 0 Å². The van der Waals surface area contributed by atoms with Gasteiger partial charge in [-0.2, -0.15) is 5.10 Å². The fourth-order valence-electron chi connectivity index (χ4n) is 2.51. The van der Waals surface area contributed by atoms with Crippen LogP contribution in [0, 0.1) is 5.92 Å². The number of amides is 1. The van der Waals surface area contributed by atoms with E-state index in [9.17, 15) is 4.79 Å². The molecule has 100 valence electrons. The van der Waals surface area contributed by atoms with Gasteiger partial charge in [0.15, 0.2) is 5.69 Å². The SMILES string of the molecule is CCCc1[nH]nc(C(=O)N2CCCC(C)C2)c1N. The summed E-state index contributed by atoms with van der Waals surface area (Å²) in [6.07, 6.45) is 4.09. The van der Waals surface area contributed by atoms with Gasteiger partial charge in [0.25, 0.3) is 5.91 Å².